The number of aryl methyl sites for hydroxylation is 2. The van der Waals surface area contributed by atoms with E-state index in [1.54, 1.807) is 0 Å². The van der Waals surface area contributed by atoms with Gasteiger partial charge in [-0.3, -0.25) is 4.79 Å². The van der Waals surface area contributed by atoms with Crippen LogP contribution in [-0.4, -0.2) is 25.2 Å². The Bertz CT molecular complexity index is 443. The number of hydrogen-bond donors (Lipinski definition) is 1. The molecule has 0 heterocycles. The lowest BCUT2D eigenvalue weighted by molar-refractivity contribution is -0.141. The fraction of sp³-hybridized carbons (Fsp3) is 0.588. The second-order valence-electron chi connectivity index (χ2n) is 5.58. The van der Waals surface area contributed by atoms with E-state index < -0.39 is 0 Å². The van der Waals surface area contributed by atoms with E-state index in [1.807, 2.05) is 0 Å². The molecule has 1 rings (SSSR count). The van der Waals surface area contributed by atoms with Gasteiger partial charge in [0.1, 0.15) is 0 Å². The van der Waals surface area contributed by atoms with Crippen LogP contribution in [0.3, 0.4) is 0 Å². The molecular formula is C17H27NO2. The van der Waals surface area contributed by atoms with Crippen LogP contribution in [0.1, 0.15) is 43.4 Å². The Labute approximate surface area is 122 Å². The molecule has 0 fully saturated rings. The third kappa shape index (κ3) is 5.33. The van der Waals surface area contributed by atoms with Gasteiger partial charge in [-0.05, 0) is 50.3 Å². The lowest BCUT2D eigenvalue weighted by atomic mass is 9.98. The number of carbonyl (C=O) groups is 1. The Morgan fingerprint density at radius 1 is 1.30 bits per heavy atom. The molecule has 1 N–H and O–H groups in total. The van der Waals surface area contributed by atoms with Crippen molar-refractivity contribution in [3.8, 4) is 0 Å². The fourth-order valence-corrected chi connectivity index (χ4v) is 2.21. The maximum Gasteiger partial charge on any atom is 0.307 e. The summed E-state index contributed by atoms with van der Waals surface area (Å²) in [6, 6.07) is 7.02. The summed E-state index contributed by atoms with van der Waals surface area (Å²) in [6.07, 6.45) is 2.30. The largest absolute Gasteiger partial charge is 0.469 e. The smallest absolute Gasteiger partial charge is 0.307 e. The SMILES string of the molecule is CCC(C)NC(CC(=O)OC)Cc1ccc(C)c(C)c1. The number of rotatable bonds is 7. The highest BCUT2D eigenvalue weighted by molar-refractivity contribution is 5.70. The van der Waals surface area contributed by atoms with Gasteiger partial charge < -0.3 is 10.1 Å². The van der Waals surface area contributed by atoms with Crippen LogP contribution in [0.15, 0.2) is 18.2 Å². The van der Waals surface area contributed by atoms with Crippen molar-refractivity contribution in [2.45, 2.75) is 59.0 Å². The van der Waals surface area contributed by atoms with E-state index in [0.29, 0.717) is 12.5 Å². The van der Waals surface area contributed by atoms with E-state index in [4.69, 9.17) is 4.74 Å². The van der Waals surface area contributed by atoms with Gasteiger partial charge in [0.2, 0.25) is 0 Å². The van der Waals surface area contributed by atoms with Gasteiger partial charge in [0, 0.05) is 12.1 Å². The van der Waals surface area contributed by atoms with Gasteiger partial charge in [-0.1, -0.05) is 25.1 Å². The van der Waals surface area contributed by atoms with E-state index in [9.17, 15) is 4.79 Å². The van der Waals surface area contributed by atoms with E-state index >= 15 is 0 Å². The molecule has 0 aliphatic carbocycles. The maximum atomic E-state index is 11.5. The number of hydrogen-bond acceptors (Lipinski definition) is 3. The molecule has 0 aliphatic rings. The standard InChI is InChI=1S/C17H27NO2/c1-6-14(4)18-16(11-17(19)20-5)10-15-8-7-12(2)13(3)9-15/h7-9,14,16,18H,6,10-11H2,1-5H3. The van der Waals surface area contributed by atoms with Crippen LogP contribution >= 0.6 is 0 Å². The van der Waals surface area contributed by atoms with E-state index in [1.165, 1.54) is 23.8 Å². The number of ether oxygens (including phenoxy) is 1. The molecule has 20 heavy (non-hydrogen) atoms. The molecule has 112 valence electrons. The first-order valence-corrected chi connectivity index (χ1v) is 7.35. The van der Waals surface area contributed by atoms with Crippen molar-refractivity contribution in [1.82, 2.24) is 5.32 Å². The molecule has 0 amide bonds. The summed E-state index contributed by atoms with van der Waals surface area (Å²) in [5, 5.41) is 3.51. The number of methoxy groups -OCH3 is 1. The highest BCUT2D eigenvalue weighted by Crippen LogP contribution is 2.13. The summed E-state index contributed by atoms with van der Waals surface area (Å²) in [6.45, 7) is 8.52. The first-order valence-electron chi connectivity index (χ1n) is 7.35. The Hall–Kier alpha value is -1.35. The van der Waals surface area contributed by atoms with Gasteiger partial charge in [-0.25, -0.2) is 0 Å². The van der Waals surface area contributed by atoms with E-state index in [2.05, 4.69) is 51.2 Å². The zero-order valence-electron chi connectivity index (χ0n) is 13.3. The predicted octanol–water partition coefficient (Wildman–Crippen LogP) is 3.17. The summed E-state index contributed by atoms with van der Waals surface area (Å²) in [7, 11) is 1.44. The third-order valence-electron chi connectivity index (χ3n) is 3.83. The van der Waals surface area contributed by atoms with Crippen molar-refractivity contribution in [2.24, 2.45) is 0 Å². The molecule has 3 heteroatoms. The maximum absolute atomic E-state index is 11.5. The fourth-order valence-electron chi connectivity index (χ4n) is 2.21. The monoisotopic (exact) mass is 277 g/mol. The first-order chi connectivity index (χ1) is 9.46. The lowest BCUT2D eigenvalue weighted by Gasteiger charge is -2.22. The molecule has 0 bridgehead atoms. The highest BCUT2D eigenvalue weighted by Gasteiger charge is 2.16. The van der Waals surface area contributed by atoms with Crippen LogP contribution in [0, 0.1) is 13.8 Å². The van der Waals surface area contributed by atoms with Crippen molar-refractivity contribution >= 4 is 5.97 Å². The molecule has 2 atom stereocenters. The van der Waals surface area contributed by atoms with Gasteiger partial charge in [0.05, 0.1) is 13.5 Å². The zero-order chi connectivity index (χ0) is 15.1. The van der Waals surface area contributed by atoms with Crippen LogP contribution in [0.25, 0.3) is 0 Å². The van der Waals surface area contributed by atoms with E-state index in [0.717, 1.165) is 12.8 Å². The van der Waals surface area contributed by atoms with Gasteiger partial charge >= 0.3 is 5.97 Å². The van der Waals surface area contributed by atoms with Crippen molar-refractivity contribution in [2.75, 3.05) is 7.11 Å². The number of nitrogens with one attached hydrogen (secondary N) is 1. The van der Waals surface area contributed by atoms with Crippen molar-refractivity contribution in [3.05, 3.63) is 34.9 Å². The minimum Gasteiger partial charge on any atom is -0.469 e. The minimum absolute atomic E-state index is 0.125. The third-order valence-corrected chi connectivity index (χ3v) is 3.83. The number of benzene rings is 1. The lowest BCUT2D eigenvalue weighted by Crippen LogP contribution is -2.39. The number of carbonyl (C=O) groups excluding carboxylic acids is 1. The molecule has 0 saturated heterocycles. The molecule has 1 aromatic rings. The topological polar surface area (TPSA) is 38.3 Å². The van der Waals surface area contributed by atoms with Gasteiger partial charge in [-0.2, -0.15) is 0 Å². The molecule has 0 spiro atoms. The highest BCUT2D eigenvalue weighted by atomic mass is 16.5. The quantitative estimate of drug-likeness (QED) is 0.778. The summed E-state index contributed by atoms with van der Waals surface area (Å²) in [5.41, 5.74) is 3.86. The Balaban J connectivity index is 2.76. The van der Waals surface area contributed by atoms with Gasteiger partial charge in [0.25, 0.3) is 0 Å². The zero-order valence-corrected chi connectivity index (χ0v) is 13.3. The molecule has 1 aromatic carbocycles. The van der Waals surface area contributed by atoms with Gasteiger partial charge in [-0.15, -0.1) is 0 Å². The van der Waals surface area contributed by atoms with Crippen molar-refractivity contribution in [3.63, 3.8) is 0 Å². The average molecular weight is 277 g/mol. The van der Waals surface area contributed by atoms with Crippen LogP contribution in [-0.2, 0) is 16.0 Å². The minimum atomic E-state index is -0.158. The second kappa shape index (κ2) is 8.05. The van der Waals surface area contributed by atoms with E-state index in [-0.39, 0.29) is 12.0 Å². The van der Waals surface area contributed by atoms with Crippen LogP contribution < -0.4 is 5.32 Å². The van der Waals surface area contributed by atoms with Crippen LogP contribution in [0.2, 0.25) is 0 Å². The average Bonchev–Trinajstić information content (AvgIpc) is 2.42. The van der Waals surface area contributed by atoms with Crippen LogP contribution in [0.5, 0.6) is 0 Å². The molecule has 2 unspecified atom stereocenters. The number of esters is 1. The summed E-state index contributed by atoms with van der Waals surface area (Å²) in [5.74, 6) is -0.158. The second-order valence-corrected chi connectivity index (χ2v) is 5.58. The molecule has 0 saturated carbocycles. The summed E-state index contributed by atoms with van der Waals surface area (Å²) < 4.78 is 4.80. The van der Waals surface area contributed by atoms with Crippen LogP contribution in [0.4, 0.5) is 0 Å². The Kier molecular flexibility index (Phi) is 6.73. The van der Waals surface area contributed by atoms with Gasteiger partial charge in [0.15, 0.2) is 0 Å². The molecule has 0 aliphatic heterocycles. The predicted molar refractivity (Wildman–Crippen MR) is 82.9 cm³/mol. The molecule has 0 radical (unpaired) electrons. The Morgan fingerprint density at radius 2 is 2.00 bits per heavy atom. The molecular weight excluding hydrogens is 250 g/mol. The normalized spacial score (nSPS) is 13.8. The molecule has 3 nitrogen and oxygen atoms in total. The van der Waals surface area contributed by atoms with Crippen molar-refractivity contribution in [1.29, 1.82) is 0 Å². The summed E-state index contributed by atoms with van der Waals surface area (Å²) in [4.78, 5) is 11.5. The van der Waals surface area contributed by atoms with Crippen molar-refractivity contribution < 1.29 is 9.53 Å². The summed E-state index contributed by atoms with van der Waals surface area (Å²) >= 11 is 0. The molecule has 0 aromatic heterocycles. The first kappa shape index (κ1) is 16.7. The Morgan fingerprint density at radius 3 is 2.55 bits per heavy atom.